The second-order valence-corrected chi connectivity index (χ2v) is 4.62. The maximum atomic E-state index is 13.2. The number of hydrogen-bond donors (Lipinski definition) is 1. The van der Waals surface area contributed by atoms with Crippen LogP contribution in [0.15, 0.2) is 22.7 Å². The molecule has 0 aromatic heterocycles. The van der Waals surface area contributed by atoms with Gasteiger partial charge in [0, 0.05) is 0 Å². The van der Waals surface area contributed by atoms with Crippen LogP contribution in [-0.2, 0) is 6.42 Å². The first-order chi connectivity index (χ1) is 7.06. The molecule has 2 atom stereocenters. The standard InChI is InChI=1S/C12H16BrFO/c1-3-9(8(2)15)7-10-5-4-6-11(14)12(10)13/h4-6,8-9,15H,3,7H2,1-2H3. The second kappa shape index (κ2) is 5.61. The Labute approximate surface area is 98.4 Å². The number of hydrogen-bond acceptors (Lipinski definition) is 1. The van der Waals surface area contributed by atoms with Crippen molar-refractivity contribution in [2.45, 2.75) is 32.8 Å². The van der Waals surface area contributed by atoms with Crippen LogP contribution in [0.3, 0.4) is 0 Å². The van der Waals surface area contributed by atoms with Crippen molar-refractivity contribution >= 4 is 15.9 Å². The average Bonchev–Trinajstić information content (AvgIpc) is 2.19. The predicted octanol–water partition coefficient (Wildman–Crippen LogP) is 3.54. The summed E-state index contributed by atoms with van der Waals surface area (Å²) in [6.07, 6.45) is 1.23. The molecule has 2 unspecified atom stereocenters. The van der Waals surface area contributed by atoms with Crippen LogP contribution in [0.25, 0.3) is 0 Å². The van der Waals surface area contributed by atoms with E-state index in [2.05, 4.69) is 15.9 Å². The van der Waals surface area contributed by atoms with Gasteiger partial charge in [0.05, 0.1) is 10.6 Å². The Bertz CT molecular complexity index is 325. The van der Waals surface area contributed by atoms with E-state index < -0.39 is 0 Å². The Morgan fingerprint density at radius 3 is 2.67 bits per heavy atom. The third-order valence-corrected chi connectivity index (χ3v) is 3.61. The van der Waals surface area contributed by atoms with Crippen LogP contribution in [-0.4, -0.2) is 11.2 Å². The fraction of sp³-hybridized carbons (Fsp3) is 0.500. The van der Waals surface area contributed by atoms with Crippen LogP contribution in [0, 0.1) is 11.7 Å². The summed E-state index contributed by atoms with van der Waals surface area (Å²) in [5.74, 6) is -0.0592. The van der Waals surface area contributed by atoms with E-state index in [1.165, 1.54) is 6.07 Å². The van der Waals surface area contributed by atoms with Gasteiger partial charge in [-0.2, -0.15) is 0 Å². The van der Waals surface area contributed by atoms with E-state index in [1.807, 2.05) is 13.0 Å². The SMILES string of the molecule is CCC(Cc1cccc(F)c1Br)C(C)O. The normalized spacial score (nSPS) is 15.0. The molecule has 0 heterocycles. The number of benzene rings is 1. The molecule has 0 saturated carbocycles. The first-order valence-electron chi connectivity index (χ1n) is 5.17. The van der Waals surface area contributed by atoms with Gasteiger partial charge in [0.1, 0.15) is 5.82 Å². The molecule has 0 saturated heterocycles. The molecule has 1 aromatic rings. The minimum absolute atomic E-state index is 0.183. The van der Waals surface area contributed by atoms with Crippen molar-refractivity contribution in [3.05, 3.63) is 34.1 Å². The van der Waals surface area contributed by atoms with Gasteiger partial charge in [-0.15, -0.1) is 0 Å². The van der Waals surface area contributed by atoms with Crippen LogP contribution < -0.4 is 0 Å². The predicted molar refractivity (Wildman–Crippen MR) is 63.3 cm³/mol. The Balaban J connectivity index is 2.84. The van der Waals surface area contributed by atoms with E-state index in [9.17, 15) is 9.50 Å². The first-order valence-corrected chi connectivity index (χ1v) is 5.96. The minimum Gasteiger partial charge on any atom is -0.393 e. The van der Waals surface area contributed by atoms with Crippen LogP contribution in [0.5, 0.6) is 0 Å². The first kappa shape index (κ1) is 12.7. The molecule has 84 valence electrons. The molecule has 1 nitrogen and oxygen atoms in total. The van der Waals surface area contributed by atoms with Crippen molar-refractivity contribution in [2.75, 3.05) is 0 Å². The molecule has 15 heavy (non-hydrogen) atoms. The van der Waals surface area contributed by atoms with Crippen LogP contribution in [0.1, 0.15) is 25.8 Å². The summed E-state index contributed by atoms with van der Waals surface area (Å²) in [6.45, 7) is 3.81. The van der Waals surface area contributed by atoms with E-state index >= 15 is 0 Å². The topological polar surface area (TPSA) is 20.2 Å². The molecule has 0 fully saturated rings. The molecule has 0 aliphatic rings. The fourth-order valence-electron chi connectivity index (χ4n) is 1.64. The van der Waals surface area contributed by atoms with Gasteiger partial charge < -0.3 is 5.11 Å². The van der Waals surface area contributed by atoms with Gasteiger partial charge in [0.25, 0.3) is 0 Å². The van der Waals surface area contributed by atoms with E-state index in [1.54, 1.807) is 13.0 Å². The Hall–Kier alpha value is -0.410. The summed E-state index contributed by atoms with van der Waals surface area (Å²) in [5.41, 5.74) is 0.919. The molecule has 3 heteroatoms. The zero-order valence-electron chi connectivity index (χ0n) is 9.00. The Morgan fingerprint density at radius 1 is 1.47 bits per heavy atom. The lowest BCUT2D eigenvalue weighted by Crippen LogP contribution is -2.18. The molecule has 0 aliphatic heterocycles. The van der Waals surface area contributed by atoms with Crippen molar-refractivity contribution in [1.82, 2.24) is 0 Å². The summed E-state index contributed by atoms with van der Waals surface area (Å²) in [4.78, 5) is 0. The van der Waals surface area contributed by atoms with Gasteiger partial charge >= 0.3 is 0 Å². The third-order valence-electron chi connectivity index (χ3n) is 2.72. The summed E-state index contributed by atoms with van der Waals surface area (Å²) in [6, 6.07) is 5.01. The van der Waals surface area contributed by atoms with Gasteiger partial charge in [-0.05, 0) is 46.8 Å². The van der Waals surface area contributed by atoms with Crippen LogP contribution in [0.2, 0.25) is 0 Å². The number of halogens is 2. The van der Waals surface area contributed by atoms with Crippen molar-refractivity contribution in [3.8, 4) is 0 Å². The largest absolute Gasteiger partial charge is 0.393 e. The molecular formula is C12H16BrFO. The molecule has 1 N–H and O–H groups in total. The number of aliphatic hydroxyl groups excluding tert-OH is 1. The van der Waals surface area contributed by atoms with E-state index in [4.69, 9.17) is 0 Å². The molecule has 1 rings (SSSR count). The van der Waals surface area contributed by atoms with E-state index in [0.29, 0.717) is 10.9 Å². The van der Waals surface area contributed by atoms with Gasteiger partial charge in [-0.3, -0.25) is 0 Å². The highest BCUT2D eigenvalue weighted by Gasteiger charge is 2.15. The zero-order valence-corrected chi connectivity index (χ0v) is 10.6. The molecule has 0 amide bonds. The van der Waals surface area contributed by atoms with Crippen molar-refractivity contribution in [2.24, 2.45) is 5.92 Å². The number of rotatable bonds is 4. The molecule has 0 bridgehead atoms. The smallest absolute Gasteiger partial charge is 0.137 e. The lowest BCUT2D eigenvalue weighted by atomic mass is 9.92. The molecule has 1 aromatic carbocycles. The molecular weight excluding hydrogens is 259 g/mol. The maximum Gasteiger partial charge on any atom is 0.137 e. The monoisotopic (exact) mass is 274 g/mol. The summed E-state index contributed by atoms with van der Waals surface area (Å²) in [7, 11) is 0. The highest BCUT2D eigenvalue weighted by Crippen LogP contribution is 2.25. The molecule has 0 spiro atoms. The summed E-state index contributed by atoms with van der Waals surface area (Å²) in [5, 5.41) is 9.52. The van der Waals surface area contributed by atoms with Gasteiger partial charge in [-0.1, -0.05) is 25.5 Å². The van der Waals surface area contributed by atoms with Crippen LogP contribution >= 0.6 is 15.9 Å². The minimum atomic E-state index is -0.356. The lowest BCUT2D eigenvalue weighted by Gasteiger charge is -2.18. The lowest BCUT2D eigenvalue weighted by molar-refractivity contribution is 0.123. The molecule has 0 aliphatic carbocycles. The van der Waals surface area contributed by atoms with E-state index in [0.717, 1.165) is 12.0 Å². The van der Waals surface area contributed by atoms with Crippen molar-refractivity contribution in [1.29, 1.82) is 0 Å². The van der Waals surface area contributed by atoms with Crippen LogP contribution in [0.4, 0.5) is 4.39 Å². The summed E-state index contributed by atoms with van der Waals surface area (Å²) >= 11 is 3.23. The van der Waals surface area contributed by atoms with Gasteiger partial charge in [0.2, 0.25) is 0 Å². The van der Waals surface area contributed by atoms with Gasteiger partial charge in [0.15, 0.2) is 0 Å². The highest BCUT2D eigenvalue weighted by atomic mass is 79.9. The molecule has 0 radical (unpaired) electrons. The second-order valence-electron chi connectivity index (χ2n) is 3.83. The maximum absolute atomic E-state index is 13.2. The summed E-state index contributed by atoms with van der Waals surface area (Å²) < 4.78 is 13.7. The zero-order chi connectivity index (χ0) is 11.4. The Morgan fingerprint density at radius 2 is 2.13 bits per heavy atom. The van der Waals surface area contributed by atoms with Crippen molar-refractivity contribution < 1.29 is 9.50 Å². The average molecular weight is 275 g/mol. The van der Waals surface area contributed by atoms with E-state index in [-0.39, 0.29) is 17.8 Å². The van der Waals surface area contributed by atoms with Gasteiger partial charge in [-0.25, -0.2) is 4.39 Å². The highest BCUT2D eigenvalue weighted by molar-refractivity contribution is 9.10. The fourth-order valence-corrected chi connectivity index (χ4v) is 2.07. The third kappa shape index (κ3) is 3.28. The quantitative estimate of drug-likeness (QED) is 0.891. The van der Waals surface area contributed by atoms with Crippen molar-refractivity contribution in [3.63, 3.8) is 0 Å². The number of aliphatic hydroxyl groups is 1. The Kier molecular flexibility index (Phi) is 4.74.